The van der Waals surface area contributed by atoms with E-state index in [-0.39, 0.29) is 12.5 Å². The van der Waals surface area contributed by atoms with Crippen molar-refractivity contribution in [2.24, 2.45) is 0 Å². The highest BCUT2D eigenvalue weighted by molar-refractivity contribution is 7.45. The lowest BCUT2D eigenvalue weighted by Crippen LogP contribution is -2.45. The maximum absolute atomic E-state index is 13.0. The quantitative estimate of drug-likeness (QED) is 0.0272. The minimum absolute atomic E-state index is 0.0144. The zero-order chi connectivity index (χ0) is 57.0. The number of nitrogens with zero attached hydrogens (tertiary/aromatic N) is 1. The van der Waals surface area contributed by atoms with Crippen molar-refractivity contribution < 1.29 is 32.9 Å². The van der Waals surface area contributed by atoms with Crippen molar-refractivity contribution in [1.29, 1.82) is 0 Å². The van der Waals surface area contributed by atoms with Crippen molar-refractivity contribution in [1.82, 2.24) is 5.32 Å². The summed E-state index contributed by atoms with van der Waals surface area (Å²) in [6.07, 6.45) is 85.2. The number of nitrogens with one attached hydrogen (secondary N) is 1. The lowest BCUT2D eigenvalue weighted by atomic mass is 10.0. The highest BCUT2D eigenvalue weighted by Crippen LogP contribution is 2.38. The van der Waals surface area contributed by atoms with Crippen molar-refractivity contribution in [3.8, 4) is 0 Å². The maximum Gasteiger partial charge on any atom is 0.268 e. The Labute approximate surface area is 483 Å². The van der Waals surface area contributed by atoms with E-state index in [0.29, 0.717) is 17.4 Å². The number of unbranched alkanes of at least 4 members (excludes halogenated alkanes) is 32. The minimum Gasteiger partial charge on any atom is -0.756 e. The van der Waals surface area contributed by atoms with Gasteiger partial charge in [0.05, 0.1) is 39.9 Å². The fourth-order valence-electron chi connectivity index (χ4n) is 9.23. The number of rotatable bonds is 59. The highest BCUT2D eigenvalue weighted by atomic mass is 31.2. The average Bonchev–Trinajstić information content (AvgIpc) is 3.41. The molecule has 2 N–H and O–H groups in total. The molecule has 0 radical (unpaired) electrons. The van der Waals surface area contributed by atoms with Crippen LogP contribution in [0.1, 0.15) is 284 Å². The molecule has 0 aliphatic heterocycles. The zero-order valence-corrected chi connectivity index (χ0v) is 52.5. The maximum atomic E-state index is 13.0. The molecule has 0 heterocycles. The summed E-state index contributed by atoms with van der Waals surface area (Å²) in [6, 6.07) is -0.920. The van der Waals surface area contributed by atoms with Gasteiger partial charge in [-0.05, 0) is 83.5 Å². The number of allylic oxidation sites excluding steroid dienone is 15. The Morgan fingerprint density at radius 3 is 1.19 bits per heavy atom. The van der Waals surface area contributed by atoms with Gasteiger partial charge in [-0.1, -0.05) is 291 Å². The Bertz CT molecular complexity index is 1590. The van der Waals surface area contributed by atoms with Gasteiger partial charge in [-0.3, -0.25) is 9.36 Å². The van der Waals surface area contributed by atoms with Crippen LogP contribution in [0.15, 0.2) is 97.2 Å². The van der Waals surface area contributed by atoms with Crippen LogP contribution < -0.4 is 10.2 Å². The predicted octanol–water partition coefficient (Wildman–Crippen LogP) is 19.9. The number of phosphoric ester groups is 1. The van der Waals surface area contributed by atoms with Gasteiger partial charge in [0.25, 0.3) is 7.82 Å². The van der Waals surface area contributed by atoms with Crippen LogP contribution >= 0.6 is 7.82 Å². The Kier molecular flexibility index (Phi) is 57.1. The first-order valence-corrected chi connectivity index (χ1v) is 34.1. The Morgan fingerprint density at radius 1 is 0.462 bits per heavy atom. The van der Waals surface area contributed by atoms with Crippen molar-refractivity contribution in [2.75, 3.05) is 40.9 Å². The van der Waals surface area contributed by atoms with Crippen molar-refractivity contribution in [3.05, 3.63) is 97.2 Å². The number of aliphatic hydroxyl groups excluding tert-OH is 1. The molecule has 0 rings (SSSR count). The number of hydrogen-bond acceptors (Lipinski definition) is 6. The second-order valence-electron chi connectivity index (χ2n) is 23.1. The topological polar surface area (TPSA) is 108 Å². The Morgan fingerprint density at radius 2 is 0.795 bits per heavy atom. The van der Waals surface area contributed by atoms with Crippen molar-refractivity contribution in [2.45, 2.75) is 296 Å². The summed E-state index contributed by atoms with van der Waals surface area (Å²) < 4.78 is 23.4. The zero-order valence-electron chi connectivity index (χ0n) is 51.6. The molecule has 9 heteroatoms. The van der Waals surface area contributed by atoms with Gasteiger partial charge < -0.3 is 28.8 Å². The largest absolute Gasteiger partial charge is 0.756 e. The molecule has 0 spiro atoms. The number of carbonyl (C=O) groups is 1. The van der Waals surface area contributed by atoms with Gasteiger partial charge in [0, 0.05) is 6.42 Å². The third-order valence-electron chi connectivity index (χ3n) is 14.3. The molecule has 0 aliphatic carbocycles. The number of phosphoric acid groups is 1. The molecule has 0 fully saturated rings. The van der Waals surface area contributed by atoms with E-state index >= 15 is 0 Å². The second kappa shape index (κ2) is 59.1. The van der Waals surface area contributed by atoms with Crippen LogP contribution in [0.2, 0.25) is 0 Å². The van der Waals surface area contributed by atoms with Crippen LogP contribution in [0, 0.1) is 0 Å². The van der Waals surface area contributed by atoms with Crippen LogP contribution in [0.4, 0.5) is 0 Å². The average molecular weight is 1110 g/mol. The monoisotopic (exact) mass is 1110 g/mol. The van der Waals surface area contributed by atoms with Crippen molar-refractivity contribution in [3.63, 3.8) is 0 Å². The summed E-state index contributed by atoms with van der Waals surface area (Å²) in [6.45, 7) is 4.52. The smallest absolute Gasteiger partial charge is 0.268 e. The highest BCUT2D eigenvalue weighted by Gasteiger charge is 2.23. The molecule has 0 aliphatic rings. The Balaban J connectivity index is 4.21. The van der Waals surface area contributed by atoms with Crippen LogP contribution in [0.25, 0.3) is 0 Å². The third kappa shape index (κ3) is 61.0. The van der Waals surface area contributed by atoms with Gasteiger partial charge in [-0.2, -0.15) is 0 Å². The summed E-state index contributed by atoms with van der Waals surface area (Å²) in [5.74, 6) is -0.223. The summed E-state index contributed by atoms with van der Waals surface area (Å²) in [4.78, 5) is 25.6. The van der Waals surface area contributed by atoms with Crippen molar-refractivity contribution >= 4 is 13.7 Å². The molecule has 0 saturated carbocycles. The van der Waals surface area contributed by atoms with Crippen LogP contribution in [-0.4, -0.2) is 68.5 Å². The lowest BCUT2D eigenvalue weighted by Gasteiger charge is -2.29. The van der Waals surface area contributed by atoms with E-state index in [1.165, 1.54) is 161 Å². The van der Waals surface area contributed by atoms with Gasteiger partial charge in [0.15, 0.2) is 0 Å². The van der Waals surface area contributed by atoms with Gasteiger partial charge in [0.1, 0.15) is 13.2 Å². The SMILES string of the molecule is CC/C=C\C/C=C\C/C=C\C/C=C\C/C=C\C/C=C\CCCCCCCCC(=O)NC(COP(=O)([O-])OCC[N+](C)(C)C)C(O)/C=C/CC/C=C/CCCCCCCCCCCCCCCCCCCCCCCCCCC. The number of likely N-dealkylation sites (N-methyl/N-ethyl adjacent to an activating group) is 1. The third-order valence-corrected chi connectivity index (χ3v) is 15.2. The lowest BCUT2D eigenvalue weighted by molar-refractivity contribution is -0.870. The van der Waals surface area contributed by atoms with E-state index in [1.54, 1.807) is 6.08 Å². The van der Waals surface area contributed by atoms with E-state index in [1.807, 2.05) is 27.2 Å². The van der Waals surface area contributed by atoms with Crippen LogP contribution in [-0.2, 0) is 18.4 Å². The van der Waals surface area contributed by atoms with E-state index < -0.39 is 26.6 Å². The Hall–Kier alpha value is -2.58. The molecule has 0 bridgehead atoms. The number of quaternary nitrogens is 1. The molecule has 0 saturated heterocycles. The normalized spacial score (nSPS) is 14.4. The summed E-state index contributed by atoms with van der Waals surface area (Å²) in [5.41, 5.74) is 0. The summed E-state index contributed by atoms with van der Waals surface area (Å²) >= 11 is 0. The summed E-state index contributed by atoms with van der Waals surface area (Å²) in [7, 11) is 1.22. The number of carbonyl (C=O) groups excluding carboxylic acids is 1. The summed E-state index contributed by atoms with van der Waals surface area (Å²) in [5, 5.41) is 13.9. The molecule has 0 aromatic rings. The fraction of sp³-hybridized carbons (Fsp3) is 0.754. The minimum atomic E-state index is -4.62. The van der Waals surface area contributed by atoms with Gasteiger partial charge in [-0.25, -0.2) is 0 Å². The van der Waals surface area contributed by atoms with Gasteiger partial charge in [0.2, 0.25) is 5.91 Å². The van der Waals surface area contributed by atoms with E-state index in [9.17, 15) is 19.4 Å². The molecule has 78 heavy (non-hydrogen) atoms. The first kappa shape index (κ1) is 75.4. The number of aliphatic hydroxyl groups is 1. The number of hydrogen-bond donors (Lipinski definition) is 2. The molecular weight excluding hydrogens is 984 g/mol. The molecule has 0 aromatic heterocycles. The van der Waals surface area contributed by atoms with Gasteiger partial charge >= 0.3 is 0 Å². The first-order chi connectivity index (χ1) is 38.0. The molecule has 3 unspecified atom stereocenters. The van der Waals surface area contributed by atoms with E-state index in [0.717, 1.165) is 103 Å². The number of amides is 1. The standard InChI is InChI=1S/C69H125N2O6P/c1-6-8-10-12-14-16-18-20-22-24-26-28-30-32-33-34-35-36-37-39-40-42-44-46-48-50-52-54-56-58-60-62-68(72)67(66-77-78(74,75)76-65-64-71(3,4)5)70-69(73)63-61-59-57-55-53-51-49-47-45-43-41-38-31-29-27-25-23-21-19-17-15-13-11-9-7-2/h9,11,15,17,21,23,27,29,38,41,45,47,52,54,60,62,67-68,72H,6-8,10,12-14,16,18-20,22,24-26,28,30-37,39-40,42-44,46,48-51,53,55-59,61,63-66H2,1-5H3,(H-,70,73,74,75)/b11-9-,17-15-,23-21-,29-27-,41-38-,47-45-,54-52+,62-60+. The van der Waals surface area contributed by atoms with Crippen LogP contribution in [0.3, 0.4) is 0 Å². The molecule has 3 atom stereocenters. The molecule has 8 nitrogen and oxygen atoms in total. The fourth-order valence-corrected chi connectivity index (χ4v) is 9.96. The van der Waals surface area contributed by atoms with E-state index in [4.69, 9.17) is 9.05 Å². The van der Waals surface area contributed by atoms with Crippen LogP contribution in [0.5, 0.6) is 0 Å². The predicted molar refractivity (Wildman–Crippen MR) is 339 cm³/mol. The first-order valence-electron chi connectivity index (χ1n) is 32.6. The molecule has 1 amide bonds. The molecule has 0 aromatic carbocycles. The second-order valence-corrected chi connectivity index (χ2v) is 24.5. The van der Waals surface area contributed by atoms with Gasteiger partial charge in [-0.15, -0.1) is 0 Å². The molecular formula is C69H125N2O6P. The molecule has 452 valence electrons. The van der Waals surface area contributed by atoms with E-state index in [2.05, 4.69) is 104 Å².